The van der Waals surface area contributed by atoms with Crippen molar-refractivity contribution in [3.8, 4) is 0 Å². The Morgan fingerprint density at radius 1 is 1.13 bits per heavy atom. The van der Waals surface area contributed by atoms with Crippen LogP contribution in [0.5, 0.6) is 0 Å². The number of nitrogens with one attached hydrogen (secondary N) is 1. The molecule has 1 saturated carbocycles. The van der Waals surface area contributed by atoms with E-state index < -0.39 is 0 Å². The fourth-order valence-corrected chi connectivity index (χ4v) is 1.96. The second-order valence-electron chi connectivity index (χ2n) is 4.13. The van der Waals surface area contributed by atoms with Crippen molar-refractivity contribution in [1.29, 1.82) is 0 Å². The van der Waals surface area contributed by atoms with Crippen molar-refractivity contribution >= 4 is 0 Å². The van der Waals surface area contributed by atoms with Crippen molar-refractivity contribution in [2.75, 3.05) is 19.8 Å². The van der Waals surface area contributed by atoms with Crippen LogP contribution in [0, 0.1) is 0 Å². The molecule has 0 heterocycles. The molecule has 1 aliphatic rings. The Bertz CT molecular complexity index is 150. The van der Waals surface area contributed by atoms with E-state index in [1.54, 1.807) is 0 Å². The highest BCUT2D eigenvalue weighted by Gasteiger charge is 2.41. The van der Waals surface area contributed by atoms with Crippen LogP contribution in [0.15, 0.2) is 0 Å². The summed E-state index contributed by atoms with van der Waals surface area (Å²) in [5, 5.41) is 3.51. The third kappa shape index (κ3) is 3.74. The zero-order valence-corrected chi connectivity index (χ0v) is 10.3. The highest BCUT2D eigenvalue weighted by Crippen LogP contribution is 2.27. The van der Waals surface area contributed by atoms with E-state index in [0.717, 1.165) is 32.6 Å². The van der Waals surface area contributed by atoms with Gasteiger partial charge in [-0.25, -0.2) is 0 Å². The first-order chi connectivity index (χ1) is 7.33. The molecule has 0 aromatic carbocycles. The number of hydrogen-bond acceptors (Lipinski definition) is 3. The second-order valence-corrected chi connectivity index (χ2v) is 4.13. The van der Waals surface area contributed by atoms with Crippen LogP contribution in [-0.2, 0) is 9.47 Å². The summed E-state index contributed by atoms with van der Waals surface area (Å²) < 4.78 is 11.4. The molecular weight excluding hydrogens is 190 g/mol. The minimum atomic E-state index is 0.271. The first-order valence-corrected chi connectivity index (χ1v) is 6.30. The third-order valence-electron chi connectivity index (χ3n) is 2.80. The number of rotatable bonds is 8. The minimum Gasteiger partial charge on any atom is -0.375 e. The molecule has 90 valence electrons. The van der Waals surface area contributed by atoms with Crippen LogP contribution in [0.25, 0.3) is 0 Å². The first kappa shape index (κ1) is 12.9. The highest BCUT2D eigenvalue weighted by atomic mass is 16.5. The summed E-state index contributed by atoms with van der Waals surface area (Å²) in [6.45, 7) is 9.09. The van der Waals surface area contributed by atoms with Crippen LogP contribution in [0.2, 0.25) is 0 Å². The first-order valence-electron chi connectivity index (χ1n) is 6.30. The maximum Gasteiger partial charge on any atom is 0.0990 e. The van der Waals surface area contributed by atoms with E-state index in [1.165, 1.54) is 6.42 Å². The number of hydrogen-bond donors (Lipinski definition) is 1. The smallest absolute Gasteiger partial charge is 0.0990 e. The zero-order valence-electron chi connectivity index (χ0n) is 10.3. The van der Waals surface area contributed by atoms with Crippen LogP contribution in [0.3, 0.4) is 0 Å². The van der Waals surface area contributed by atoms with Crippen molar-refractivity contribution < 1.29 is 9.47 Å². The fourth-order valence-electron chi connectivity index (χ4n) is 1.96. The van der Waals surface area contributed by atoms with Gasteiger partial charge in [-0.05, 0) is 32.7 Å². The van der Waals surface area contributed by atoms with E-state index in [-0.39, 0.29) is 6.10 Å². The molecule has 3 unspecified atom stereocenters. The molecule has 3 atom stereocenters. The highest BCUT2D eigenvalue weighted by molar-refractivity contribution is 4.97. The van der Waals surface area contributed by atoms with Gasteiger partial charge in [0, 0.05) is 19.3 Å². The van der Waals surface area contributed by atoms with Crippen molar-refractivity contribution in [1.82, 2.24) is 5.32 Å². The van der Waals surface area contributed by atoms with Gasteiger partial charge in [0.25, 0.3) is 0 Å². The Hall–Kier alpha value is -0.120. The Morgan fingerprint density at radius 3 is 2.53 bits per heavy atom. The lowest BCUT2D eigenvalue weighted by Crippen LogP contribution is -2.60. The molecule has 1 N–H and O–H groups in total. The third-order valence-corrected chi connectivity index (χ3v) is 2.80. The van der Waals surface area contributed by atoms with Gasteiger partial charge >= 0.3 is 0 Å². The maximum atomic E-state index is 5.74. The van der Waals surface area contributed by atoms with E-state index in [0.29, 0.717) is 12.1 Å². The van der Waals surface area contributed by atoms with Crippen LogP contribution < -0.4 is 5.32 Å². The molecule has 0 aromatic heterocycles. The summed E-state index contributed by atoms with van der Waals surface area (Å²) in [6, 6.07) is 0.506. The van der Waals surface area contributed by atoms with Crippen LogP contribution in [0.4, 0.5) is 0 Å². The zero-order chi connectivity index (χ0) is 11.1. The SMILES string of the molecule is CCCNC1CC(OCCC)C1OCC. The normalized spacial score (nSPS) is 30.2. The van der Waals surface area contributed by atoms with Crippen molar-refractivity contribution in [3.63, 3.8) is 0 Å². The molecule has 1 fully saturated rings. The molecular formula is C12H25NO2. The largest absolute Gasteiger partial charge is 0.375 e. The van der Waals surface area contributed by atoms with Gasteiger partial charge in [-0.15, -0.1) is 0 Å². The number of ether oxygens (including phenoxy) is 2. The van der Waals surface area contributed by atoms with Gasteiger partial charge in [0.05, 0.1) is 12.2 Å². The molecule has 3 nitrogen and oxygen atoms in total. The van der Waals surface area contributed by atoms with Gasteiger partial charge in [-0.1, -0.05) is 13.8 Å². The summed E-state index contributed by atoms with van der Waals surface area (Å²) in [5.41, 5.74) is 0. The monoisotopic (exact) mass is 215 g/mol. The average Bonchev–Trinajstić information content (AvgIpc) is 2.24. The molecule has 0 amide bonds. The van der Waals surface area contributed by atoms with E-state index in [2.05, 4.69) is 19.2 Å². The van der Waals surface area contributed by atoms with E-state index in [4.69, 9.17) is 9.47 Å². The molecule has 0 aliphatic heterocycles. The summed E-state index contributed by atoms with van der Waals surface area (Å²) in [7, 11) is 0. The van der Waals surface area contributed by atoms with E-state index >= 15 is 0 Å². The Morgan fingerprint density at radius 2 is 1.93 bits per heavy atom. The maximum absolute atomic E-state index is 5.74. The summed E-state index contributed by atoms with van der Waals surface area (Å²) in [5.74, 6) is 0. The molecule has 1 rings (SSSR count). The van der Waals surface area contributed by atoms with E-state index in [1.807, 2.05) is 6.92 Å². The topological polar surface area (TPSA) is 30.5 Å². The molecule has 3 heteroatoms. The quantitative estimate of drug-likeness (QED) is 0.671. The van der Waals surface area contributed by atoms with Crippen molar-refractivity contribution in [3.05, 3.63) is 0 Å². The minimum absolute atomic E-state index is 0.271. The van der Waals surface area contributed by atoms with Crippen molar-refractivity contribution in [2.24, 2.45) is 0 Å². The summed E-state index contributed by atoms with van der Waals surface area (Å²) in [4.78, 5) is 0. The lowest BCUT2D eigenvalue weighted by molar-refractivity contribution is -0.144. The molecule has 0 aromatic rings. The van der Waals surface area contributed by atoms with Gasteiger partial charge < -0.3 is 14.8 Å². The predicted molar refractivity (Wildman–Crippen MR) is 62.1 cm³/mol. The molecule has 0 bridgehead atoms. The Labute approximate surface area is 93.5 Å². The van der Waals surface area contributed by atoms with Crippen LogP contribution in [-0.4, -0.2) is 38.0 Å². The predicted octanol–water partition coefficient (Wildman–Crippen LogP) is 1.96. The molecule has 15 heavy (non-hydrogen) atoms. The second kappa shape index (κ2) is 7.20. The molecule has 0 radical (unpaired) electrons. The lowest BCUT2D eigenvalue weighted by Gasteiger charge is -2.44. The Balaban J connectivity index is 2.24. The van der Waals surface area contributed by atoms with Crippen LogP contribution in [0.1, 0.15) is 40.0 Å². The van der Waals surface area contributed by atoms with Crippen LogP contribution >= 0.6 is 0 Å². The molecule has 1 aliphatic carbocycles. The Kier molecular flexibility index (Phi) is 6.22. The summed E-state index contributed by atoms with van der Waals surface area (Å²) >= 11 is 0. The standard InChI is InChI=1S/C12H25NO2/c1-4-7-13-10-9-11(15-8-5-2)12(10)14-6-3/h10-13H,4-9H2,1-3H3. The van der Waals surface area contributed by atoms with E-state index in [9.17, 15) is 0 Å². The van der Waals surface area contributed by atoms with Gasteiger partial charge in [0.15, 0.2) is 0 Å². The average molecular weight is 215 g/mol. The summed E-state index contributed by atoms with van der Waals surface area (Å²) in [6.07, 6.45) is 3.95. The van der Waals surface area contributed by atoms with Gasteiger partial charge in [0.1, 0.15) is 0 Å². The molecule has 0 saturated heterocycles. The van der Waals surface area contributed by atoms with Gasteiger partial charge in [0.2, 0.25) is 0 Å². The molecule has 0 spiro atoms. The van der Waals surface area contributed by atoms with Gasteiger partial charge in [-0.2, -0.15) is 0 Å². The fraction of sp³-hybridized carbons (Fsp3) is 1.00. The lowest BCUT2D eigenvalue weighted by atomic mass is 9.85. The van der Waals surface area contributed by atoms with Gasteiger partial charge in [-0.3, -0.25) is 0 Å². The van der Waals surface area contributed by atoms with Crippen molar-refractivity contribution in [2.45, 2.75) is 58.3 Å².